The number of rotatable bonds is 4. The van der Waals surface area contributed by atoms with Crippen molar-refractivity contribution in [3.8, 4) is 0 Å². The van der Waals surface area contributed by atoms with Crippen LogP contribution in [-0.4, -0.2) is 51.8 Å². The van der Waals surface area contributed by atoms with Crippen molar-refractivity contribution in [2.75, 3.05) is 39.8 Å². The highest BCUT2D eigenvalue weighted by Crippen LogP contribution is 2.22. The molecule has 1 aromatic carbocycles. The zero-order chi connectivity index (χ0) is 17.0. The quantitative estimate of drug-likeness (QED) is 0.763. The standard InChI is InChI=1S/C19H30N2O2/c1-15(14-21-12-10-20(5)11-13-21)23-18(22)16-6-8-17(9-7-16)19(2,3)4/h6-9,15H,10-14H2,1-5H3/p+2. The number of hydrogen-bond acceptors (Lipinski definition) is 2. The summed E-state index contributed by atoms with van der Waals surface area (Å²) in [5, 5.41) is 0. The molecule has 1 aliphatic rings. The van der Waals surface area contributed by atoms with E-state index in [0.29, 0.717) is 5.56 Å². The van der Waals surface area contributed by atoms with Crippen molar-refractivity contribution in [3.05, 3.63) is 35.4 Å². The second kappa shape index (κ2) is 7.45. The van der Waals surface area contributed by atoms with Gasteiger partial charge in [-0.15, -0.1) is 0 Å². The van der Waals surface area contributed by atoms with Crippen LogP contribution in [0.4, 0.5) is 0 Å². The number of carbonyl (C=O) groups excluding carboxylic acids is 1. The Hall–Kier alpha value is -1.39. The van der Waals surface area contributed by atoms with Crippen molar-refractivity contribution >= 4 is 5.97 Å². The minimum absolute atomic E-state index is 0.0433. The van der Waals surface area contributed by atoms with Gasteiger partial charge in [0.25, 0.3) is 0 Å². The Kier molecular flexibility index (Phi) is 5.82. The summed E-state index contributed by atoms with van der Waals surface area (Å²) in [6.45, 7) is 14.1. The summed E-state index contributed by atoms with van der Waals surface area (Å²) in [5.74, 6) is -0.211. The third kappa shape index (κ3) is 5.33. The largest absolute Gasteiger partial charge is 0.453 e. The van der Waals surface area contributed by atoms with Crippen LogP contribution in [0.2, 0.25) is 0 Å². The molecule has 0 saturated carbocycles. The van der Waals surface area contributed by atoms with Crippen LogP contribution in [0.25, 0.3) is 0 Å². The van der Waals surface area contributed by atoms with Gasteiger partial charge in [-0.05, 0) is 30.0 Å². The van der Waals surface area contributed by atoms with Gasteiger partial charge in [0.1, 0.15) is 38.8 Å². The van der Waals surface area contributed by atoms with Crippen LogP contribution < -0.4 is 9.80 Å². The van der Waals surface area contributed by atoms with Crippen LogP contribution in [0.5, 0.6) is 0 Å². The molecule has 0 aromatic heterocycles. The lowest BCUT2D eigenvalue weighted by Crippen LogP contribution is -3.27. The molecule has 0 bridgehead atoms. The summed E-state index contributed by atoms with van der Waals surface area (Å²) < 4.78 is 5.62. The Balaban J connectivity index is 1.86. The van der Waals surface area contributed by atoms with Crippen LogP contribution in [0.3, 0.4) is 0 Å². The molecule has 4 heteroatoms. The average molecular weight is 320 g/mol. The second-order valence-corrected chi connectivity index (χ2v) is 7.95. The molecular weight excluding hydrogens is 288 g/mol. The fraction of sp³-hybridized carbons (Fsp3) is 0.632. The van der Waals surface area contributed by atoms with Crippen LogP contribution in [0.15, 0.2) is 24.3 Å². The van der Waals surface area contributed by atoms with E-state index in [1.165, 1.54) is 18.7 Å². The lowest BCUT2D eigenvalue weighted by molar-refractivity contribution is -1.00. The maximum absolute atomic E-state index is 12.3. The van der Waals surface area contributed by atoms with Gasteiger partial charge in [0.15, 0.2) is 0 Å². The normalized spacial score (nSPS) is 23.3. The molecule has 1 heterocycles. The summed E-state index contributed by atoms with van der Waals surface area (Å²) in [5.41, 5.74) is 1.97. The van der Waals surface area contributed by atoms with E-state index in [0.717, 1.165) is 19.6 Å². The van der Waals surface area contributed by atoms with Crippen molar-refractivity contribution in [2.45, 2.75) is 39.2 Å². The predicted molar refractivity (Wildman–Crippen MR) is 92.2 cm³/mol. The topological polar surface area (TPSA) is 35.2 Å². The van der Waals surface area contributed by atoms with Crippen LogP contribution in [0.1, 0.15) is 43.6 Å². The van der Waals surface area contributed by atoms with E-state index in [2.05, 4.69) is 27.8 Å². The number of esters is 1. The fourth-order valence-corrected chi connectivity index (χ4v) is 3.04. The Labute approximate surface area is 140 Å². The smallest absolute Gasteiger partial charge is 0.338 e. The molecule has 1 aliphatic heterocycles. The van der Waals surface area contributed by atoms with E-state index >= 15 is 0 Å². The Morgan fingerprint density at radius 1 is 1.13 bits per heavy atom. The van der Waals surface area contributed by atoms with Gasteiger partial charge in [-0.3, -0.25) is 0 Å². The molecule has 1 saturated heterocycles. The van der Waals surface area contributed by atoms with Crippen molar-refractivity contribution in [3.63, 3.8) is 0 Å². The summed E-state index contributed by atoms with van der Waals surface area (Å²) in [7, 11) is 2.24. The van der Waals surface area contributed by atoms with Gasteiger partial charge in [-0.1, -0.05) is 32.9 Å². The van der Waals surface area contributed by atoms with Gasteiger partial charge in [-0.25, -0.2) is 4.79 Å². The van der Waals surface area contributed by atoms with Crippen LogP contribution in [-0.2, 0) is 10.2 Å². The highest BCUT2D eigenvalue weighted by atomic mass is 16.5. The van der Waals surface area contributed by atoms with Crippen molar-refractivity contribution in [2.24, 2.45) is 0 Å². The molecule has 0 aliphatic carbocycles. The van der Waals surface area contributed by atoms with Gasteiger partial charge < -0.3 is 14.5 Å². The van der Waals surface area contributed by atoms with Gasteiger partial charge in [-0.2, -0.15) is 0 Å². The van der Waals surface area contributed by atoms with E-state index in [1.807, 2.05) is 31.2 Å². The van der Waals surface area contributed by atoms with Gasteiger partial charge >= 0.3 is 5.97 Å². The molecule has 0 spiro atoms. The molecule has 0 radical (unpaired) electrons. The lowest BCUT2D eigenvalue weighted by atomic mass is 9.87. The lowest BCUT2D eigenvalue weighted by Gasteiger charge is -2.28. The summed E-state index contributed by atoms with van der Waals surface area (Å²) in [6, 6.07) is 7.80. The molecule has 4 nitrogen and oxygen atoms in total. The number of likely N-dealkylation sites (N-methyl/N-ethyl adjacent to an activating group) is 1. The Morgan fingerprint density at radius 3 is 2.22 bits per heavy atom. The van der Waals surface area contributed by atoms with E-state index in [-0.39, 0.29) is 17.5 Å². The molecular formula is C19H32N2O2+2. The van der Waals surface area contributed by atoms with Crippen LogP contribution in [0, 0.1) is 0 Å². The van der Waals surface area contributed by atoms with E-state index in [1.54, 1.807) is 9.80 Å². The number of ether oxygens (including phenoxy) is 1. The average Bonchev–Trinajstić information content (AvgIpc) is 2.49. The molecule has 1 aromatic rings. The van der Waals surface area contributed by atoms with Gasteiger partial charge in [0.05, 0.1) is 12.6 Å². The highest BCUT2D eigenvalue weighted by molar-refractivity contribution is 5.89. The van der Waals surface area contributed by atoms with Gasteiger partial charge in [0, 0.05) is 0 Å². The molecule has 2 N–H and O–H groups in total. The molecule has 1 unspecified atom stereocenters. The van der Waals surface area contributed by atoms with Crippen LogP contribution >= 0.6 is 0 Å². The number of benzene rings is 1. The minimum atomic E-state index is -0.211. The summed E-state index contributed by atoms with van der Waals surface area (Å²) in [6.07, 6.45) is -0.0433. The summed E-state index contributed by atoms with van der Waals surface area (Å²) in [4.78, 5) is 15.4. The SMILES string of the molecule is CC(C[NH+]1CC[NH+](C)CC1)OC(=O)c1ccc(C(C)(C)C)cc1. The third-order valence-electron chi connectivity index (χ3n) is 4.68. The first-order chi connectivity index (χ1) is 10.8. The molecule has 128 valence electrons. The van der Waals surface area contributed by atoms with Crippen molar-refractivity contribution in [1.29, 1.82) is 0 Å². The molecule has 23 heavy (non-hydrogen) atoms. The van der Waals surface area contributed by atoms with Crippen molar-refractivity contribution in [1.82, 2.24) is 0 Å². The summed E-state index contributed by atoms with van der Waals surface area (Å²) >= 11 is 0. The molecule has 0 amide bonds. The number of hydrogen-bond donors (Lipinski definition) is 2. The Morgan fingerprint density at radius 2 is 1.70 bits per heavy atom. The zero-order valence-corrected chi connectivity index (χ0v) is 15.2. The third-order valence-corrected chi connectivity index (χ3v) is 4.68. The first-order valence-electron chi connectivity index (χ1n) is 8.72. The number of carbonyl (C=O) groups is 1. The second-order valence-electron chi connectivity index (χ2n) is 7.95. The number of nitrogens with one attached hydrogen (secondary N) is 2. The van der Waals surface area contributed by atoms with Gasteiger partial charge in [0.2, 0.25) is 0 Å². The maximum Gasteiger partial charge on any atom is 0.338 e. The first kappa shape index (κ1) is 18.0. The van der Waals surface area contributed by atoms with Crippen molar-refractivity contribution < 1.29 is 19.3 Å². The molecule has 2 rings (SSSR count). The van der Waals surface area contributed by atoms with E-state index in [4.69, 9.17) is 4.74 Å². The van der Waals surface area contributed by atoms with E-state index in [9.17, 15) is 4.79 Å². The minimum Gasteiger partial charge on any atom is -0.453 e. The maximum atomic E-state index is 12.3. The number of quaternary nitrogens is 2. The highest BCUT2D eigenvalue weighted by Gasteiger charge is 2.23. The fourth-order valence-electron chi connectivity index (χ4n) is 3.04. The Bertz CT molecular complexity index is 511. The van der Waals surface area contributed by atoms with E-state index < -0.39 is 0 Å². The molecule has 1 atom stereocenters. The predicted octanol–water partition coefficient (Wildman–Crippen LogP) is -0.0574. The monoisotopic (exact) mass is 320 g/mol. The zero-order valence-electron chi connectivity index (χ0n) is 15.2. The first-order valence-corrected chi connectivity index (χ1v) is 8.72. The molecule has 1 fully saturated rings. The number of piperazine rings is 1.